The zero-order valence-electron chi connectivity index (χ0n) is 13.2. The summed E-state index contributed by atoms with van der Waals surface area (Å²) in [5.41, 5.74) is 0. The minimum absolute atomic E-state index is 0.201. The van der Waals surface area contributed by atoms with Gasteiger partial charge in [-0.25, -0.2) is 4.68 Å². The van der Waals surface area contributed by atoms with Crippen LogP contribution >= 0.6 is 23.2 Å². The molecule has 2 rings (SSSR count). The predicted octanol–water partition coefficient (Wildman–Crippen LogP) is 4.57. The average molecular weight is 356 g/mol. The molecule has 2 aromatic rings. The van der Waals surface area contributed by atoms with Crippen molar-refractivity contribution in [2.75, 3.05) is 5.32 Å². The van der Waals surface area contributed by atoms with E-state index in [2.05, 4.69) is 17.3 Å². The maximum Gasteiger partial charge on any atom is 0.266 e. The lowest BCUT2D eigenvalue weighted by molar-refractivity contribution is -0.122. The van der Waals surface area contributed by atoms with Crippen LogP contribution in [-0.4, -0.2) is 21.8 Å². The number of nitrogens with zero attached hydrogens (tertiary/aromatic N) is 2. The summed E-state index contributed by atoms with van der Waals surface area (Å²) in [5.74, 6) is 0.868. The molecule has 1 aromatic heterocycles. The number of halogens is 2. The predicted molar refractivity (Wildman–Crippen MR) is 92.4 cm³/mol. The molecule has 0 saturated carbocycles. The van der Waals surface area contributed by atoms with Gasteiger partial charge in [0, 0.05) is 12.1 Å². The number of hydrogen-bond donors (Lipinski definition) is 1. The highest BCUT2D eigenvalue weighted by Crippen LogP contribution is 2.27. The number of anilines is 1. The highest BCUT2D eigenvalue weighted by atomic mass is 35.5. The molecule has 0 aliphatic heterocycles. The molecular weight excluding hydrogens is 337 g/mol. The van der Waals surface area contributed by atoms with E-state index in [1.807, 2.05) is 6.92 Å². The van der Waals surface area contributed by atoms with Gasteiger partial charge in [0.2, 0.25) is 0 Å². The van der Waals surface area contributed by atoms with Gasteiger partial charge in [-0.15, -0.1) is 0 Å². The summed E-state index contributed by atoms with van der Waals surface area (Å²) >= 11 is 11.8. The Morgan fingerprint density at radius 1 is 1.30 bits per heavy atom. The van der Waals surface area contributed by atoms with Gasteiger partial charge in [0.1, 0.15) is 11.6 Å². The van der Waals surface area contributed by atoms with Gasteiger partial charge < -0.3 is 10.1 Å². The molecule has 0 fully saturated rings. The minimum atomic E-state index is -0.687. The fourth-order valence-electron chi connectivity index (χ4n) is 1.97. The highest BCUT2D eigenvalue weighted by Gasteiger charge is 2.18. The molecule has 1 amide bonds. The second-order valence-electron chi connectivity index (χ2n) is 5.24. The second-order valence-corrected chi connectivity index (χ2v) is 6.06. The molecule has 1 aromatic carbocycles. The van der Waals surface area contributed by atoms with Crippen molar-refractivity contribution >= 4 is 34.9 Å². The Balaban J connectivity index is 2.03. The summed E-state index contributed by atoms with van der Waals surface area (Å²) in [6, 6.07) is 6.84. The Labute approximate surface area is 145 Å². The van der Waals surface area contributed by atoms with Crippen molar-refractivity contribution < 1.29 is 9.53 Å². The van der Waals surface area contributed by atoms with Crippen LogP contribution in [0.5, 0.6) is 5.75 Å². The van der Waals surface area contributed by atoms with Crippen molar-refractivity contribution in [2.45, 2.75) is 39.3 Å². The standard InChI is InChI=1S/C16H19Cl2N3O2/c1-4-10(2)21-15(7-8-19-21)20-16(22)11(3)23-12-5-6-13(17)14(18)9-12/h5-11H,4H2,1-3H3,(H,20,22)/t10-,11+/m1/s1. The summed E-state index contributed by atoms with van der Waals surface area (Å²) in [6.45, 7) is 5.77. The first-order valence-electron chi connectivity index (χ1n) is 7.38. The zero-order valence-corrected chi connectivity index (χ0v) is 14.7. The second kappa shape index (κ2) is 7.70. The van der Waals surface area contributed by atoms with E-state index >= 15 is 0 Å². The third-order valence-corrected chi connectivity index (χ3v) is 4.24. The van der Waals surface area contributed by atoms with E-state index in [0.717, 1.165) is 6.42 Å². The van der Waals surface area contributed by atoms with Gasteiger partial charge in [-0.3, -0.25) is 4.79 Å². The van der Waals surface area contributed by atoms with Crippen molar-refractivity contribution in [3.05, 3.63) is 40.5 Å². The Morgan fingerprint density at radius 3 is 2.70 bits per heavy atom. The van der Waals surface area contributed by atoms with Crippen LogP contribution in [0.1, 0.15) is 33.2 Å². The van der Waals surface area contributed by atoms with Crippen molar-refractivity contribution in [3.63, 3.8) is 0 Å². The maximum atomic E-state index is 12.3. The minimum Gasteiger partial charge on any atom is -0.481 e. The zero-order chi connectivity index (χ0) is 17.0. The van der Waals surface area contributed by atoms with Crippen LogP contribution in [0.2, 0.25) is 10.0 Å². The first-order chi connectivity index (χ1) is 10.9. The molecule has 1 heterocycles. The lowest BCUT2D eigenvalue weighted by Crippen LogP contribution is -2.31. The maximum absolute atomic E-state index is 12.3. The van der Waals surface area contributed by atoms with Crippen LogP contribution in [0.4, 0.5) is 5.82 Å². The van der Waals surface area contributed by atoms with E-state index in [1.54, 1.807) is 42.1 Å². The number of ether oxygens (including phenoxy) is 1. The van der Waals surface area contributed by atoms with Gasteiger partial charge in [-0.1, -0.05) is 30.1 Å². The van der Waals surface area contributed by atoms with E-state index in [4.69, 9.17) is 27.9 Å². The van der Waals surface area contributed by atoms with Crippen molar-refractivity contribution in [3.8, 4) is 5.75 Å². The fourth-order valence-corrected chi connectivity index (χ4v) is 2.26. The lowest BCUT2D eigenvalue weighted by Gasteiger charge is -2.17. The molecule has 0 unspecified atom stereocenters. The Kier molecular flexibility index (Phi) is 5.91. The molecule has 0 bridgehead atoms. The van der Waals surface area contributed by atoms with Crippen molar-refractivity contribution in [1.82, 2.24) is 9.78 Å². The average Bonchev–Trinajstić information content (AvgIpc) is 2.98. The number of aromatic nitrogens is 2. The van der Waals surface area contributed by atoms with Gasteiger partial charge in [-0.05, 0) is 32.4 Å². The van der Waals surface area contributed by atoms with Crippen LogP contribution in [0.15, 0.2) is 30.5 Å². The number of amides is 1. The number of hydrogen-bond acceptors (Lipinski definition) is 3. The Hall–Kier alpha value is -1.72. The summed E-state index contributed by atoms with van der Waals surface area (Å²) < 4.78 is 7.38. The number of nitrogens with one attached hydrogen (secondary N) is 1. The first kappa shape index (κ1) is 17.6. The molecule has 0 radical (unpaired) electrons. The highest BCUT2D eigenvalue weighted by molar-refractivity contribution is 6.42. The molecule has 124 valence electrons. The summed E-state index contributed by atoms with van der Waals surface area (Å²) in [5, 5.41) is 7.88. The topological polar surface area (TPSA) is 56.2 Å². The molecule has 0 saturated heterocycles. The Bertz CT molecular complexity index is 688. The summed E-state index contributed by atoms with van der Waals surface area (Å²) in [7, 11) is 0. The molecule has 2 atom stereocenters. The fraction of sp³-hybridized carbons (Fsp3) is 0.375. The van der Waals surface area contributed by atoms with Crippen LogP contribution in [0.3, 0.4) is 0 Å². The molecule has 23 heavy (non-hydrogen) atoms. The SMILES string of the molecule is CC[C@@H](C)n1nccc1NC(=O)[C@H](C)Oc1ccc(Cl)c(Cl)c1. The van der Waals surface area contributed by atoms with Crippen LogP contribution in [0.25, 0.3) is 0 Å². The summed E-state index contributed by atoms with van der Waals surface area (Å²) in [6.07, 6.45) is 1.89. The third kappa shape index (κ3) is 4.39. The number of rotatable bonds is 6. The van der Waals surface area contributed by atoms with E-state index in [0.29, 0.717) is 21.6 Å². The molecular formula is C16H19Cl2N3O2. The van der Waals surface area contributed by atoms with E-state index in [1.165, 1.54) is 0 Å². The smallest absolute Gasteiger partial charge is 0.266 e. The van der Waals surface area contributed by atoms with Crippen LogP contribution in [-0.2, 0) is 4.79 Å². The van der Waals surface area contributed by atoms with Gasteiger partial charge in [0.25, 0.3) is 5.91 Å². The molecule has 1 N–H and O–H groups in total. The van der Waals surface area contributed by atoms with E-state index in [-0.39, 0.29) is 11.9 Å². The van der Waals surface area contributed by atoms with Crippen LogP contribution in [0, 0.1) is 0 Å². The molecule has 0 aliphatic rings. The quantitative estimate of drug-likeness (QED) is 0.825. The number of benzene rings is 1. The van der Waals surface area contributed by atoms with Crippen molar-refractivity contribution in [2.24, 2.45) is 0 Å². The summed E-state index contributed by atoms with van der Waals surface area (Å²) in [4.78, 5) is 12.3. The van der Waals surface area contributed by atoms with Gasteiger partial charge in [0.15, 0.2) is 6.10 Å². The van der Waals surface area contributed by atoms with Gasteiger partial charge in [-0.2, -0.15) is 5.10 Å². The molecule has 0 spiro atoms. The monoisotopic (exact) mass is 355 g/mol. The normalized spacial score (nSPS) is 13.4. The molecule has 0 aliphatic carbocycles. The Morgan fingerprint density at radius 2 is 2.04 bits per heavy atom. The van der Waals surface area contributed by atoms with Crippen LogP contribution < -0.4 is 10.1 Å². The largest absolute Gasteiger partial charge is 0.481 e. The van der Waals surface area contributed by atoms with E-state index in [9.17, 15) is 4.79 Å². The molecule has 5 nitrogen and oxygen atoms in total. The molecule has 7 heteroatoms. The van der Waals surface area contributed by atoms with Crippen molar-refractivity contribution in [1.29, 1.82) is 0 Å². The van der Waals surface area contributed by atoms with Gasteiger partial charge in [0.05, 0.1) is 22.3 Å². The van der Waals surface area contributed by atoms with E-state index < -0.39 is 6.10 Å². The van der Waals surface area contributed by atoms with Gasteiger partial charge >= 0.3 is 0 Å². The number of carbonyl (C=O) groups is 1. The first-order valence-corrected chi connectivity index (χ1v) is 8.14. The lowest BCUT2D eigenvalue weighted by atomic mass is 10.3. The number of carbonyl (C=O) groups excluding carboxylic acids is 1. The third-order valence-electron chi connectivity index (χ3n) is 3.50.